The van der Waals surface area contributed by atoms with Crippen LogP contribution in [0, 0.1) is 5.92 Å². The van der Waals surface area contributed by atoms with Crippen LogP contribution in [0.1, 0.15) is 38.5 Å². The minimum atomic E-state index is -0.243. The van der Waals surface area contributed by atoms with Crippen LogP contribution in [0.2, 0.25) is 0 Å². The normalized spacial score (nSPS) is 20.5. The number of amides is 2. The monoisotopic (exact) mass is 358 g/mol. The van der Waals surface area contributed by atoms with Crippen molar-refractivity contribution in [1.82, 2.24) is 5.32 Å². The van der Waals surface area contributed by atoms with Crippen LogP contribution in [0.3, 0.4) is 0 Å². The summed E-state index contributed by atoms with van der Waals surface area (Å²) in [7, 11) is 0. The number of anilines is 1. The molecule has 0 aromatic heterocycles. The summed E-state index contributed by atoms with van der Waals surface area (Å²) in [5, 5.41) is 3.02. The standard InChI is InChI=1S/C20H26N2O2S/c1-25-18-9-7-17(8-10-18)22-14-16(13-19(22)23)20(24)21-12-11-15-5-3-2-4-6-15/h5,7-10,16H,2-4,6,11-14H2,1H3,(H,21,24)/t16-/m1/s1. The van der Waals surface area contributed by atoms with Crippen LogP contribution in [0.15, 0.2) is 40.8 Å². The molecule has 1 aromatic rings. The highest BCUT2D eigenvalue weighted by atomic mass is 32.2. The summed E-state index contributed by atoms with van der Waals surface area (Å²) in [4.78, 5) is 27.6. The first kappa shape index (κ1) is 18.1. The fourth-order valence-electron chi connectivity index (χ4n) is 3.52. The summed E-state index contributed by atoms with van der Waals surface area (Å²) in [6.45, 7) is 1.16. The van der Waals surface area contributed by atoms with E-state index in [1.807, 2.05) is 30.5 Å². The van der Waals surface area contributed by atoms with Gasteiger partial charge in [-0.2, -0.15) is 0 Å². The van der Waals surface area contributed by atoms with Gasteiger partial charge in [0.1, 0.15) is 0 Å². The fraction of sp³-hybridized carbons (Fsp3) is 0.500. The molecule has 2 amide bonds. The van der Waals surface area contributed by atoms with Crippen LogP contribution in [0.5, 0.6) is 0 Å². The predicted octanol–water partition coefficient (Wildman–Crippen LogP) is 3.77. The smallest absolute Gasteiger partial charge is 0.227 e. The molecule has 134 valence electrons. The fourth-order valence-corrected chi connectivity index (χ4v) is 3.93. The molecule has 3 rings (SSSR count). The van der Waals surface area contributed by atoms with E-state index in [2.05, 4.69) is 11.4 Å². The minimum absolute atomic E-state index is 0.00740. The summed E-state index contributed by atoms with van der Waals surface area (Å²) >= 11 is 1.67. The second-order valence-corrected chi connectivity index (χ2v) is 7.63. The average molecular weight is 359 g/mol. The molecule has 5 heteroatoms. The Morgan fingerprint density at radius 3 is 2.76 bits per heavy atom. The van der Waals surface area contributed by atoms with Gasteiger partial charge < -0.3 is 10.2 Å². The largest absolute Gasteiger partial charge is 0.355 e. The zero-order valence-corrected chi connectivity index (χ0v) is 15.6. The second-order valence-electron chi connectivity index (χ2n) is 6.75. The van der Waals surface area contributed by atoms with Gasteiger partial charge in [-0.25, -0.2) is 0 Å². The van der Waals surface area contributed by atoms with Crippen LogP contribution in [-0.2, 0) is 9.59 Å². The van der Waals surface area contributed by atoms with Gasteiger partial charge in [-0.3, -0.25) is 9.59 Å². The second kappa shape index (κ2) is 8.56. The molecule has 0 spiro atoms. The Hall–Kier alpha value is -1.75. The number of hydrogen-bond acceptors (Lipinski definition) is 3. The topological polar surface area (TPSA) is 49.4 Å². The van der Waals surface area contributed by atoms with E-state index < -0.39 is 0 Å². The summed E-state index contributed by atoms with van der Waals surface area (Å²) in [5.41, 5.74) is 2.34. The van der Waals surface area contributed by atoms with Crippen LogP contribution in [0.4, 0.5) is 5.69 Å². The van der Waals surface area contributed by atoms with Crippen LogP contribution < -0.4 is 10.2 Å². The maximum Gasteiger partial charge on any atom is 0.227 e. The molecule has 0 unspecified atom stereocenters. The molecule has 1 atom stereocenters. The number of carbonyl (C=O) groups is 2. The van der Waals surface area contributed by atoms with Gasteiger partial charge in [0.15, 0.2) is 0 Å². The first-order chi connectivity index (χ1) is 12.2. The first-order valence-corrected chi connectivity index (χ1v) is 10.3. The van der Waals surface area contributed by atoms with Gasteiger partial charge in [0, 0.05) is 30.1 Å². The van der Waals surface area contributed by atoms with Crippen molar-refractivity contribution in [3.05, 3.63) is 35.9 Å². The minimum Gasteiger partial charge on any atom is -0.355 e. The number of nitrogens with one attached hydrogen (secondary N) is 1. The number of thioether (sulfide) groups is 1. The highest BCUT2D eigenvalue weighted by molar-refractivity contribution is 7.98. The lowest BCUT2D eigenvalue weighted by Crippen LogP contribution is -2.33. The van der Waals surface area contributed by atoms with Gasteiger partial charge in [-0.05, 0) is 62.6 Å². The maximum atomic E-state index is 12.4. The third kappa shape index (κ3) is 4.66. The van der Waals surface area contributed by atoms with Crippen molar-refractivity contribution in [2.45, 2.75) is 43.4 Å². The number of hydrogen-bond donors (Lipinski definition) is 1. The Morgan fingerprint density at radius 1 is 1.28 bits per heavy atom. The number of benzene rings is 1. The molecule has 1 aliphatic carbocycles. The van der Waals surface area contributed by atoms with Crippen molar-refractivity contribution < 1.29 is 9.59 Å². The van der Waals surface area contributed by atoms with E-state index in [0.717, 1.165) is 18.5 Å². The molecule has 0 saturated carbocycles. The summed E-state index contributed by atoms with van der Waals surface area (Å²) in [6, 6.07) is 7.94. The Bertz CT molecular complexity index is 654. The Kier molecular flexibility index (Phi) is 6.19. The van der Waals surface area contributed by atoms with Gasteiger partial charge in [0.05, 0.1) is 5.92 Å². The molecule has 1 saturated heterocycles. The van der Waals surface area contributed by atoms with Crippen LogP contribution in [-0.4, -0.2) is 31.2 Å². The van der Waals surface area contributed by atoms with Crippen LogP contribution in [0.25, 0.3) is 0 Å². The van der Waals surface area contributed by atoms with Crippen molar-refractivity contribution in [1.29, 1.82) is 0 Å². The molecule has 1 aliphatic heterocycles. The molecule has 25 heavy (non-hydrogen) atoms. The molecule has 1 fully saturated rings. The molecule has 2 aliphatic rings. The molecule has 0 bridgehead atoms. The number of allylic oxidation sites excluding steroid dienone is 1. The van der Waals surface area contributed by atoms with Crippen molar-refractivity contribution in [3.63, 3.8) is 0 Å². The molecule has 4 nitrogen and oxygen atoms in total. The first-order valence-electron chi connectivity index (χ1n) is 9.07. The van der Waals surface area contributed by atoms with Crippen molar-refractivity contribution in [2.75, 3.05) is 24.2 Å². The van der Waals surface area contributed by atoms with Crippen molar-refractivity contribution in [3.8, 4) is 0 Å². The molecular weight excluding hydrogens is 332 g/mol. The number of carbonyl (C=O) groups excluding carboxylic acids is 2. The van der Waals surface area contributed by atoms with E-state index in [9.17, 15) is 9.59 Å². The maximum absolute atomic E-state index is 12.4. The molecular formula is C20H26N2O2S. The van der Waals surface area contributed by atoms with Crippen molar-refractivity contribution >= 4 is 29.3 Å². The summed E-state index contributed by atoms with van der Waals surface area (Å²) in [5.74, 6) is -0.201. The Balaban J connectivity index is 1.50. The Morgan fingerprint density at radius 2 is 2.08 bits per heavy atom. The summed E-state index contributed by atoms with van der Waals surface area (Å²) in [6.07, 6.45) is 10.5. The third-order valence-corrected chi connectivity index (χ3v) is 5.75. The Labute approximate surface area is 154 Å². The quantitative estimate of drug-likeness (QED) is 0.622. The van der Waals surface area contributed by atoms with E-state index in [0.29, 0.717) is 19.5 Å². The van der Waals surface area contributed by atoms with E-state index in [1.165, 1.54) is 29.7 Å². The van der Waals surface area contributed by atoms with E-state index >= 15 is 0 Å². The lowest BCUT2D eigenvalue weighted by molar-refractivity contribution is -0.126. The van der Waals surface area contributed by atoms with Gasteiger partial charge in [-0.15, -0.1) is 11.8 Å². The highest BCUT2D eigenvalue weighted by Gasteiger charge is 2.34. The molecule has 1 N–H and O–H groups in total. The predicted molar refractivity (Wildman–Crippen MR) is 103 cm³/mol. The SMILES string of the molecule is CSc1ccc(N2C[C@H](C(=O)NCCC3=CCCCC3)CC2=O)cc1. The zero-order valence-electron chi connectivity index (χ0n) is 14.8. The third-order valence-electron chi connectivity index (χ3n) is 5.01. The number of nitrogens with zero attached hydrogens (tertiary/aromatic N) is 1. The van der Waals surface area contributed by atoms with E-state index in [4.69, 9.17) is 0 Å². The van der Waals surface area contributed by atoms with E-state index in [-0.39, 0.29) is 17.7 Å². The zero-order chi connectivity index (χ0) is 17.6. The molecule has 1 aromatic carbocycles. The lowest BCUT2D eigenvalue weighted by Gasteiger charge is -2.17. The molecule has 0 radical (unpaired) electrons. The van der Waals surface area contributed by atoms with E-state index in [1.54, 1.807) is 16.7 Å². The molecule has 1 heterocycles. The number of rotatable bonds is 6. The van der Waals surface area contributed by atoms with Gasteiger partial charge >= 0.3 is 0 Å². The van der Waals surface area contributed by atoms with Gasteiger partial charge in [0.25, 0.3) is 0 Å². The van der Waals surface area contributed by atoms with Gasteiger partial charge in [-0.1, -0.05) is 11.6 Å². The van der Waals surface area contributed by atoms with Crippen LogP contribution >= 0.6 is 11.8 Å². The summed E-state index contributed by atoms with van der Waals surface area (Å²) < 4.78 is 0. The van der Waals surface area contributed by atoms with Crippen molar-refractivity contribution in [2.24, 2.45) is 5.92 Å². The highest BCUT2D eigenvalue weighted by Crippen LogP contribution is 2.27. The lowest BCUT2D eigenvalue weighted by atomic mass is 9.97. The average Bonchev–Trinajstić information content (AvgIpc) is 3.04. The van der Waals surface area contributed by atoms with Gasteiger partial charge in [0.2, 0.25) is 11.8 Å².